The first-order valence-corrected chi connectivity index (χ1v) is 8.93. The molecule has 0 amide bonds. The van der Waals surface area contributed by atoms with Crippen LogP contribution in [0, 0.1) is 13.8 Å². The van der Waals surface area contributed by atoms with Gasteiger partial charge in [0.05, 0.1) is 24.0 Å². The van der Waals surface area contributed by atoms with E-state index in [1.165, 1.54) is 7.11 Å². The average Bonchev–Trinajstić information content (AvgIpc) is 2.72. The summed E-state index contributed by atoms with van der Waals surface area (Å²) in [5.41, 5.74) is 4.36. The van der Waals surface area contributed by atoms with Crippen LogP contribution in [0.25, 0.3) is 11.6 Å². The molecule has 1 heterocycles. The standard InChI is InChI=1S/C23H22N2O3/c1-15(22-16(2)21(26)17(3)23(27-4)28-22)14-18-10-12-20(13-11-18)25-24-19-8-6-5-7-9-19/h5-14H,1-4H3/b15-14+,25-24?. The Kier molecular flexibility index (Phi) is 5.84. The van der Waals surface area contributed by atoms with Gasteiger partial charge in [0.2, 0.25) is 0 Å². The van der Waals surface area contributed by atoms with Crippen LogP contribution in [-0.2, 0) is 0 Å². The first-order valence-electron chi connectivity index (χ1n) is 8.93. The Hall–Kier alpha value is -3.47. The molecule has 1 aromatic heterocycles. The SMILES string of the molecule is COc1oc(/C(C)=C/c2ccc(N=Nc3ccccc3)cc2)c(C)c(=O)c1C. The average molecular weight is 374 g/mol. The molecular weight excluding hydrogens is 352 g/mol. The van der Waals surface area contributed by atoms with Crippen LogP contribution in [0.3, 0.4) is 0 Å². The summed E-state index contributed by atoms with van der Waals surface area (Å²) in [6.45, 7) is 5.37. The maximum Gasteiger partial charge on any atom is 0.291 e. The van der Waals surface area contributed by atoms with E-state index in [2.05, 4.69) is 10.2 Å². The van der Waals surface area contributed by atoms with E-state index in [1.807, 2.05) is 67.6 Å². The number of nitrogens with zero attached hydrogens (tertiary/aromatic N) is 2. The molecule has 0 aliphatic carbocycles. The Bertz CT molecular complexity index is 1080. The highest BCUT2D eigenvalue weighted by atomic mass is 16.6. The zero-order chi connectivity index (χ0) is 20.1. The highest BCUT2D eigenvalue weighted by Crippen LogP contribution is 2.26. The van der Waals surface area contributed by atoms with Crippen molar-refractivity contribution in [3.8, 4) is 5.95 Å². The second-order valence-electron chi connectivity index (χ2n) is 6.46. The quantitative estimate of drug-likeness (QED) is 0.496. The fourth-order valence-electron chi connectivity index (χ4n) is 2.86. The second kappa shape index (κ2) is 8.48. The Labute approximate surface area is 164 Å². The summed E-state index contributed by atoms with van der Waals surface area (Å²) in [5.74, 6) is 0.773. The number of allylic oxidation sites excluding steroid dienone is 1. The number of benzene rings is 2. The van der Waals surface area contributed by atoms with Gasteiger partial charge in [-0.2, -0.15) is 10.2 Å². The van der Waals surface area contributed by atoms with Crippen LogP contribution in [0.4, 0.5) is 11.4 Å². The maximum atomic E-state index is 12.4. The molecule has 0 saturated heterocycles. The monoisotopic (exact) mass is 374 g/mol. The van der Waals surface area contributed by atoms with Gasteiger partial charge >= 0.3 is 0 Å². The van der Waals surface area contributed by atoms with Crippen molar-refractivity contribution in [1.82, 2.24) is 0 Å². The molecule has 3 rings (SSSR count). The second-order valence-corrected chi connectivity index (χ2v) is 6.46. The lowest BCUT2D eigenvalue weighted by atomic mass is 10.0. The Morgan fingerprint density at radius 3 is 2.14 bits per heavy atom. The minimum atomic E-state index is -0.0671. The fraction of sp³-hybridized carbons (Fsp3) is 0.174. The summed E-state index contributed by atoms with van der Waals surface area (Å²) >= 11 is 0. The third kappa shape index (κ3) is 4.26. The van der Waals surface area contributed by atoms with Crippen molar-refractivity contribution in [1.29, 1.82) is 0 Å². The van der Waals surface area contributed by atoms with Crippen LogP contribution in [0.2, 0.25) is 0 Å². The Morgan fingerprint density at radius 2 is 1.54 bits per heavy atom. The Morgan fingerprint density at radius 1 is 0.929 bits per heavy atom. The zero-order valence-corrected chi connectivity index (χ0v) is 16.4. The maximum absolute atomic E-state index is 12.4. The van der Waals surface area contributed by atoms with Crippen LogP contribution < -0.4 is 10.2 Å². The van der Waals surface area contributed by atoms with E-state index in [0.29, 0.717) is 16.9 Å². The Balaban J connectivity index is 1.85. The van der Waals surface area contributed by atoms with Crippen LogP contribution >= 0.6 is 0 Å². The smallest absolute Gasteiger partial charge is 0.291 e. The third-order valence-corrected chi connectivity index (χ3v) is 4.38. The molecule has 0 unspecified atom stereocenters. The third-order valence-electron chi connectivity index (χ3n) is 4.38. The van der Waals surface area contributed by atoms with Gasteiger partial charge in [0.15, 0.2) is 5.43 Å². The number of hydrogen-bond acceptors (Lipinski definition) is 5. The van der Waals surface area contributed by atoms with Gasteiger partial charge in [0.25, 0.3) is 5.95 Å². The van der Waals surface area contributed by atoms with Crippen LogP contribution in [-0.4, -0.2) is 7.11 Å². The summed E-state index contributed by atoms with van der Waals surface area (Å²) in [7, 11) is 1.49. The van der Waals surface area contributed by atoms with Gasteiger partial charge in [-0.05, 0) is 62.2 Å². The van der Waals surface area contributed by atoms with Gasteiger partial charge in [-0.3, -0.25) is 4.79 Å². The summed E-state index contributed by atoms with van der Waals surface area (Å²) in [5, 5.41) is 8.45. The van der Waals surface area contributed by atoms with Gasteiger partial charge in [-0.15, -0.1) is 0 Å². The molecule has 2 aromatic carbocycles. The molecule has 0 bridgehead atoms. The van der Waals surface area contributed by atoms with E-state index in [9.17, 15) is 4.79 Å². The summed E-state index contributed by atoms with van der Waals surface area (Å²) < 4.78 is 11.0. The molecule has 5 nitrogen and oxygen atoms in total. The van der Waals surface area contributed by atoms with E-state index < -0.39 is 0 Å². The molecule has 3 aromatic rings. The summed E-state index contributed by atoms with van der Waals surface area (Å²) in [6.07, 6.45) is 1.96. The molecule has 0 saturated carbocycles. The van der Waals surface area contributed by atoms with E-state index in [4.69, 9.17) is 9.15 Å². The van der Waals surface area contributed by atoms with Crippen LogP contribution in [0.5, 0.6) is 5.95 Å². The van der Waals surface area contributed by atoms with Crippen molar-refractivity contribution in [3.63, 3.8) is 0 Å². The molecule has 0 spiro atoms. The first kappa shape index (κ1) is 19.3. The lowest BCUT2D eigenvalue weighted by Gasteiger charge is -2.10. The first-order chi connectivity index (χ1) is 13.5. The van der Waals surface area contributed by atoms with Crippen molar-refractivity contribution in [2.45, 2.75) is 20.8 Å². The molecule has 0 aliphatic heterocycles. The number of azo groups is 1. The topological polar surface area (TPSA) is 64.2 Å². The predicted octanol–water partition coefficient (Wildman–Crippen LogP) is 6.24. The normalized spacial score (nSPS) is 11.8. The minimum absolute atomic E-state index is 0.0671. The largest absolute Gasteiger partial charge is 0.468 e. The molecule has 0 atom stereocenters. The van der Waals surface area contributed by atoms with Crippen LogP contribution in [0.15, 0.2) is 74.0 Å². The molecule has 0 aliphatic rings. The predicted molar refractivity (Wildman–Crippen MR) is 112 cm³/mol. The van der Waals surface area contributed by atoms with Gasteiger partial charge in [-0.25, -0.2) is 0 Å². The molecule has 5 heteroatoms. The van der Waals surface area contributed by atoms with Crippen molar-refractivity contribution >= 4 is 23.0 Å². The molecule has 28 heavy (non-hydrogen) atoms. The van der Waals surface area contributed by atoms with E-state index in [0.717, 1.165) is 22.5 Å². The van der Waals surface area contributed by atoms with Crippen molar-refractivity contribution in [2.75, 3.05) is 7.11 Å². The molecule has 0 N–H and O–H groups in total. The highest BCUT2D eigenvalue weighted by Gasteiger charge is 2.15. The fourth-order valence-corrected chi connectivity index (χ4v) is 2.86. The lowest BCUT2D eigenvalue weighted by molar-refractivity contribution is 0.288. The van der Waals surface area contributed by atoms with E-state index in [-0.39, 0.29) is 11.4 Å². The molecule has 0 radical (unpaired) electrons. The number of ether oxygens (including phenoxy) is 1. The van der Waals surface area contributed by atoms with Crippen molar-refractivity contribution in [3.05, 3.63) is 87.3 Å². The minimum Gasteiger partial charge on any atom is -0.468 e. The highest BCUT2D eigenvalue weighted by molar-refractivity contribution is 5.79. The van der Waals surface area contributed by atoms with E-state index >= 15 is 0 Å². The molecule has 0 fully saturated rings. The molecule has 142 valence electrons. The van der Waals surface area contributed by atoms with Crippen molar-refractivity contribution in [2.24, 2.45) is 10.2 Å². The molecular formula is C23H22N2O3. The van der Waals surface area contributed by atoms with Crippen LogP contribution in [0.1, 0.15) is 29.4 Å². The lowest BCUT2D eigenvalue weighted by Crippen LogP contribution is -2.12. The summed E-state index contributed by atoms with van der Waals surface area (Å²) in [4.78, 5) is 12.4. The number of rotatable bonds is 5. The van der Waals surface area contributed by atoms with Crippen molar-refractivity contribution < 1.29 is 9.15 Å². The van der Waals surface area contributed by atoms with E-state index in [1.54, 1.807) is 13.8 Å². The zero-order valence-electron chi connectivity index (χ0n) is 16.4. The van der Waals surface area contributed by atoms with Gasteiger partial charge in [0, 0.05) is 5.56 Å². The summed E-state index contributed by atoms with van der Waals surface area (Å²) in [6, 6.07) is 17.3. The number of methoxy groups -OCH3 is 1. The van der Waals surface area contributed by atoms with Gasteiger partial charge in [0.1, 0.15) is 5.76 Å². The van der Waals surface area contributed by atoms with Gasteiger partial charge < -0.3 is 9.15 Å². The van der Waals surface area contributed by atoms with Gasteiger partial charge in [-0.1, -0.05) is 30.3 Å². The number of hydrogen-bond donors (Lipinski definition) is 0.